The maximum atomic E-state index is 4.99. The van der Waals surface area contributed by atoms with E-state index in [0.717, 1.165) is 10.7 Å². The lowest BCUT2D eigenvalue weighted by atomic mass is 9.87. The quantitative estimate of drug-likeness (QED) is 0.642. The van der Waals surface area contributed by atoms with Gasteiger partial charge in [0.1, 0.15) is 0 Å². The monoisotopic (exact) mass is 182 g/mol. The Morgan fingerprint density at radius 1 is 1.25 bits per heavy atom. The van der Waals surface area contributed by atoms with Crippen molar-refractivity contribution in [2.75, 3.05) is 0 Å². The molecule has 66 valence electrons. The van der Waals surface area contributed by atoms with E-state index >= 15 is 0 Å². The summed E-state index contributed by atoms with van der Waals surface area (Å²) in [6.45, 7) is 0. The van der Waals surface area contributed by atoms with Crippen molar-refractivity contribution in [2.45, 2.75) is 38.0 Å². The van der Waals surface area contributed by atoms with Gasteiger partial charge in [-0.1, -0.05) is 19.3 Å². The summed E-state index contributed by atoms with van der Waals surface area (Å²) in [6, 6.07) is 0. The molecule has 1 aromatic rings. The van der Waals surface area contributed by atoms with Crippen LogP contribution in [0.15, 0.2) is 6.20 Å². The highest BCUT2D eigenvalue weighted by Gasteiger charge is 2.15. The van der Waals surface area contributed by atoms with E-state index in [2.05, 4.69) is 9.97 Å². The third-order valence-electron chi connectivity index (χ3n) is 2.66. The fourth-order valence-electron chi connectivity index (χ4n) is 1.98. The molecule has 0 amide bonds. The first-order chi connectivity index (χ1) is 5.86. The normalized spacial score (nSPS) is 19.7. The predicted molar refractivity (Wildman–Crippen MR) is 51.8 cm³/mol. The fourth-order valence-corrected chi connectivity index (χ4v) is 2.16. The minimum absolute atomic E-state index is 0.728. The highest BCUT2D eigenvalue weighted by molar-refractivity contribution is 7.71. The van der Waals surface area contributed by atoms with Gasteiger partial charge in [-0.05, 0) is 25.1 Å². The minimum Gasteiger partial charge on any atom is -0.337 e. The van der Waals surface area contributed by atoms with Crippen LogP contribution in [-0.4, -0.2) is 9.97 Å². The van der Waals surface area contributed by atoms with Crippen LogP contribution in [0.3, 0.4) is 0 Å². The Kier molecular flexibility index (Phi) is 2.30. The first kappa shape index (κ1) is 8.05. The van der Waals surface area contributed by atoms with Crippen LogP contribution in [0.25, 0.3) is 0 Å². The molecule has 0 aliphatic heterocycles. The molecule has 3 heteroatoms. The number of hydrogen-bond acceptors (Lipinski definition) is 1. The number of imidazole rings is 1. The van der Waals surface area contributed by atoms with Crippen molar-refractivity contribution in [3.8, 4) is 0 Å². The van der Waals surface area contributed by atoms with Gasteiger partial charge in [0.2, 0.25) is 0 Å². The van der Waals surface area contributed by atoms with Crippen LogP contribution in [0.1, 0.15) is 43.7 Å². The van der Waals surface area contributed by atoms with E-state index < -0.39 is 0 Å². The smallest absolute Gasteiger partial charge is 0.174 e. The summed E-state index contributed by atoms with van der Waals surface area (Å²) in [5, 5.41) is 0. The second kappa shape index (κ2) is 3.44. The third kappa shape index (κ3) is 1.61. The molecule has 1 aromatic heterocycles. The number of aromatic amines is 2. The number of rotatable bonds is 1. The van der Waals surface area contributed by atoms with E-state index in [4.69, 9.17) is 12.2 Å². The fraction of sp³-hybridized carbons (Fsp3) is 0.667. The molecule has 1 heterocycles. The Bertz CT molecular complexity index is 293. The van der Waals surface area contributed by atoms with Crippen LogP contribution in [0.2, 0.25) is 0 Å². The molecule has 0 atom stereocenters. The van der Waals surface area contributed by atoms with Crippen molar-refractivity contribution in [1.29, 1.82) is 0 Å². The molecular formula is C9H14N2S. The zero-order chi connectivity index (χ0) is 8.39. The average molecular weight is 182 g/mol. The van der Waals surface area contributed by atoms with Crippen molar-refractivity contribution in [3.63, 3.8) is 0 Å². The molecule has 12 heavy (non-hydrogen) atoms. The molecule has 2 rings (SSSR count). The van der Waals surface area contributed by atoms with Crippen LogP contribution in [0.5, 0.6) is 0 Å². The van der Waals surface area contributed by atoms with Crippen LogP contribution >= 0.6 is 12.2 Å². The van der Waals surface area contributed by atoms with Gasteiger partial charge in [-0.3, -0.25) is 0 Å². The first-order valence-electron chi connectivity index (χ1n) is 4.64. The summed E-state index contributed by atoms with van der Waals surface area (Å²) >= 11 is 4.99. The topological polar surface area (TPSA) is 31.6 Å². The van der Waals surface area contributed by atoms with Gasteiger partial charge in [-0.2, -0.15) is 0 Å². The largest absolute Gasteiger partial charge is 0.337 e. The van der Waals surface area contributed by atoms with Crippen LogP contribution in [0.4, 0.5) is 0 Å². The molecule has 0 saturated heterocycles. The third-order valence-corrected chi connectivity index (χ3v) is 2.88. The Balaban J connectivity index is 2.13. The lowest BCUT2D eigenvalue weighted by Crippen LogP contribution is -2.04. The molecule has 0 aromatic carbocycles. The van der Waals surface area contributed by atoms with E-state index in [1.165, 1.54) is 37.8 Å². The second-order valence-electron chi connectivity index (χ2n) is 3.53. The average Bonchev–Trinajstić information content (AvgIpc) is 2.54. The van der Waals surface area contributed by atoms with Gasteiger partial charge in [0.05, 0.1) is 0 Å². The van der Waals surface area contributed by atoms with Gasteiger partial charge < -0.3 is 9.97 Å². The standard InChI is InChI=1S/C9H14N2S/c12-9-10-6-8(11-9)7-4-2-1-3-5-7/h6-7H,1-5H2,(H2,10,11,12). The summed E-state index contributed by atoms with van der Waals surface area (Å²) in [5.74, 6) is 0.728. The highest BCUT2D eigenvalue weighted by Crippen LogP contribution is 2.30. The van der Waals surface area contributed by atoms with Crippen molar-refractivity contribution in [1.82, 2.24) is 9.97 Å². The number of H-pyrrole nitrogens is 2. The Labute approximate surface area is 77.4 Å². The predicted octanol–water partition coefficient (Wildman–Crippen LogP) is 3.12. The molecule has 0 spiro atoms. The van der Waals surface area contributed by atoms with Gasteiger partial charge in [0.25, 0.3) is 0 Å². The van der Waals surface area contributed by atoms with Gasteiger partial charge in [-0.25, -0.2) is 0 Å². The minimum atomic E-state index is 0.728. The molecule has 0 unspecified atom stereocenters. The maximum absolute atomic E-state index is 4.99. The summed E-state index contributed by atoms with van der Waals surface area (Å²) in [5.41, 5.74) is 1.31. The summed E-state index contributed by atoms with van der Waals surface area (Å²) < 4.78 is 0.760. The van der Waals surface area contributed by atoms with Crippen molar-refractivity contribution >= 4 is 12.2 Å². The van der Waals surface area contributed by atoms with Gasteiger partial charge >= 0.3 is 0 Å². The van der Waals surface area contributed by atoms with Gasteiger partial charge in [0, 0.05) is 17.8 Å². The zero-order valence-electron chi connectivity index (χ0n) is 7.10. The highest BCUT2D eigenvalue weighted by atomic mass is 32.1. The Morgan fingerprint density at radius 2 is 2.00 bits per heavy atom. The molecule has 1 fully saturated rings. The number of nitrogens with one attached hydrogen (secondary N) is 2. The summed E-state index contributed by atoms with van der Waals surface area (Å²) in [4.78, 5) is 6.23. The van der Waals surface area contributed by atoms with Crippen LogP contribution in [0, 0.1) is 4.77 Å². The van der Waals surface area contributed by atoms with Crippen LogP contribution in [-0.2, 0) is 0 Å². The summed E-state index contributed by atoms with van der Waals surface area (Å²) in [6.07, 6.45) is 8.82. The second-order valence-corrected chi connectivity index (χ2v) is 3.94. The van der Waals surface area contributed by atoms with Crippen molar-refractivity contribution < 1.29 is 0 Å². The van der Waals surface area contributed by atoms with E-state index in [9.17, 15) is 0 Å². The summed E-state index contributed by atoms with van der Waals surface area (Å²) in [7, 11) is 0. The number of hydrogen-bond donors (Lipinski definition) is 2. The molecule has 1 saturated carbocycles. The zero-order valence-corrected chi connectivity index (χ0v) is 7.91. The molecule has 0 radical (unpaired) electrons. The van der Waals surface area contributed by atoms with E-state index in [0.29, 0.717) is 0 Å². The first-order valence-corrected chi connectivity index (χ1v) is 5.04. The van der Waals surface area contributed by atoms with E-state index in [1.54, 1.807) is 0 Å². The van der Waals surface area contributed by atoms with Crippen molar-refractivity contribution in [2.24, 2.45) is 0 Å². The molecular weight excluding hydrogens is 168 g/mol. The Hall–Kier alpha value is -0.570. The van der Waals surface area contributed by atoms with E-state index in [-0.39, 0.29) is 0 Å². The van der Waals surface area contributed by atoms with Gasteiger partial charge in [0.15, 0.2) is 4.77 Å². The molecule has 0 bridgehead atoms. The Morgan fingerprint density at radius 3 is 2.58 bits per heavy atom. The SMILES string of the molecule is S=c1[nH]cc(C2CCCCC2)[nH]1. The molecule has 2 nitrogen and oxygen atoms in total. The van der Waals surface area contributed by atoms with Crippen molar-refractivity contribution in [3.05, 3.63) is 16.7 Å². The number of aromatic nitrogens is 2. The maximum Gasteiger partial charge on any atom is 0.174 e. The van der Waals surface area contributed by atoms with Crippen LogP contribution < -0.4 is 0 Å². The molecule has 2 N–H and O–H groups in total. The molecule has 1 aliphatic rings. The lowest BCUT2D eigenvalue weighted by Gasteiger charge is -2.19. The van der Waals surface area contributed by atoms with Gasteiger partial charge in [-0.15, -0.1) is 0 Å². The lowest BCUT2D eigenvalue weighted by molar-refractivity contribution is 0.437. The molecule has 1 aliphatic carbocycles. The van der Waals surface area contributed by atoms with E-state index in [1.807, 2.05) is 6.20 Å².